The maximum atomic E-state index is 14.5. The molecule has 0 radical (unpaired) electrons. The van der Waals surface area contributed by atoms with Crippen molar-refractivity contribution in [1.82, 2.24) is 0 Å². The molecule has 25 heavy (non-hydrogen) atoms. The summed E-state index contributed by atoms with van der Waals surface area (Å²) in [6.07, 6.45) is 10.5. The van der Waals surface area contributed by atoms with Crippen LogP contribution in [0.2, 0.25) is 0 Å². The Hall–Kier alpha value is -0.730. The van der Waals surface area contributed by atoms with E-state index in [9.17, 15) is 8.78 Å². The van der Waals surface area contributed by atoms with Crippen LogP contribution in [0.15, 0.2) is 12.1 Å². The van der Waals surface area contributed by atoms with Crippen molar-refractivity contribution >= 4 is 8.81 Å². The first-order valence-corrected chi connectivity index (χ1v) is 10.8. The van der Waals surface area contributed by atoms with E-state index in [1.165, 1.54) is 25.7 Å². The van der Waals surface area contributed by atoms with Crippen LogP contribution in [0.5, 0.6) is 5.75 Å². The summed E-state index contributed by atoms with van der Waals surface area (Å²) < 4.78 is 34.0. The number of unbranched alkanes of at least 4 members (excludes halogenated alkanes) is 2. The van der Waals surface area contributed by atoms with E-state index in [0.717, 1.165) is 31.6 Å². The minimum absolute atomic E-state index is 0.0178. The summed E-state index contributed by atoms with van der Waals surface area (Å²) in [4.78, 5) is 8.76. The second-order valence-corrected chi connectivity index (χ2v) is 7.92. The fourth-order valence-corrected chi connectivity index (χ4v) is 4.05. The van der Waals surface area contributed by atoms with Gasteiger partial charge in [0.25, 0.3) is 0 Å². The van der Waals surface area contributed by atoms with Crippen molar-refractivity contribution in [3.8, 4) is 5.75 Å². The summed E-state index contributed by atoms with van der Waals surface area (Å²) in [6.45, 7) is 2.51. The van der Waals surface area contributed by atoms with E-state index in [1.807, 2.05) is 0 Å². The third-order valence-electron chi connectivity index (χ3n) is 5.27. The SMILES string of the molecule is CCCCCC1CCC(c2ccc(OCCCPO)c(F)c2F)CC1. The van der Waals surface area contributed by atoms with Gasteiger partial charge in [0.15, 0.2) is 11.6 Å². The molecule has 1 saturated carbocycles. The lowest BCUT2D eigenvalue weighted by atomic mass is 9.77. The molecule has 0 amide bonds. The van der Waals surface area contributed by atoms with Crippen LogP contribution in [-0.4, -0.2) is 17.7 Å². The average Bonchev–Trinajstić information content (AvgIpc) is 2.63. The molecule has 5 heteroatoms. The Morgan fingerprint density at radius 1 is 1.08 bits per heavy atom. The van der Waals surface area contributed by atoms with Crippen molar-refractivity contribution < 1.29 is 18.4 Å². The van der Waals surface area contributed by atoms with Gasteiger partial charge in [-0.1, -0.05) is 38.7 Å². The van der Waals surface area contributed by atoms with Crippen molar-refractivity contribution in [3.05, 3.63) is 29.3 Å². The van der Waals surface area contributed by atoms with Gasteiger partial charge in [0, 0.05) is 8.81 Å². The predicted octanol–water partition coefficient (Wildman–Crippen LogP) is 6.17. The Balaban J connectivity index is 1.89. The molecule has 2 rings (SSSR count). The zero-order valence-electron chi connectivity index (χ0n) is 15.2. The molecule has 0 heterocycles. The van der Waals surface area contributed by atoms with Gasteiger partial charge >= 0.3 is 0 Å². The lowest BCUT2D eigenvalue weighted by molar-refractivity contribution is 0.286. The molecule has 1 atom stereocenters. The van der Waals surface area contributed by atoms with Crippen LogP contribution in [0.25, 0.3) is 0 Å². The van der Waals surface area contributed by atoms with Gasteiger partial charge in [0.2, 0.25) is 5.82 Å². The number of rotatable bonds is 10. The lowest BCUT2D eigenvalue weighted by Crippen LogP contribution is -2.15. The van der Waals surface area contributed by atoms with Gasteiger partial charge in [0.05, 0.1) is 6.61 Å². The normalized spacial score (nSPS) is 21.1. The van der Waals surface area contributed by atoms with Gasteiger partial charge in [-0.25, -0.2) is 4.39 Å². The highest BCUT2D eigenvalue weighted by molar-refractivity contribution is 7.31. The average molecular weight is 372 g/mol. The Kier molecular flexibility index (Phi) is 9.12. The van der Waals surface area contributed by atoms with Crippen LogP contribution in [0.3, 0.4) is 0 Å². The molecule has 0 spiro atoms. The highest BCUT2D eigenvalue weighted by atomic mass is 31.1. The van der Waals surface area contributed by atoms with Gasteiger partial charge in [-0.15, -0.1) is 0 Å². The standard InChI is InChI=1S/C20H31F2O2P/c1-2-3-4-6-15-7-9-16(10-8-15)17-11-12-18(20(22)19(17)21)24-13-5-14-25-23/h11-12,15-16,23,25H,2-10,13-14H2,1H3. The summed E-state index contributed by atoms with van der Waals surface area (Å²) >= 11 is 0. The summed E-state index contributed by atoms with van der Waals surface area (Å²) in [6, 6.07) is 3.26. The molecule has 0 aromatic heterocycles. The zero-order valence-corrected chi connectivity index (χ0v) is 16.2. The van der Waals surface area contributed by atoms with Crippen molar-refractivity contribution in [2.45, 2.75) is 70.6 Å². The number of hydrogen-bond donors (Lipinski definition) is 1. The molecule has 142 valence electrons. The molecule has 1 unspecified atom stereocenters. The molecule has 1 aromatic carbocycles. The number of halogens is 2. The fourth-order valence-electron chi connectivity index (χ4n) is 3.75. The number of hydrogen-bond acceptors (Lipinski definition) is 2. The smallest absolute Gasteiger partial charge is 0.200 e. The highest BCUT2D eigenvalue weighted by Crippen LogP contribution is 2.40. The zero-order chi connectivity index (χ0) is 18.1. The quantitative estimate of drug-likeness (QED) is 0.393. The highest BCUT2D eigenvalue weighted by Gasteiger charge is 2.26. The van der Waals surface area contributed by atoms with Crippen LogP contribution in [0.1, 0.15) is 76.2 Å². The van der Waals surface area contributed by atoms with E-state index < -0.39 is 11.6 Å². The number of ether oxygens (including phenoxy) is 1. The van der Waals surface area contributed by atoms with Gasteiger partial charge in [0.1, 0.15) is 0 Å². The minimum atomic E-state index is -0.867. The van der Waals surface area contributed by atoms with E-state index in [1.54, 1.807) is 12.1 Å². The molecule has 0 saturated heterocycles. The number of benzene rings is 1. The van der Waals surface area contributed by atoms with E-state index in [4.69, 9.17) is 9.63 Å². The molecule has 1 aliphatic rings. The predicted molar refractivity (Wildman–Crippen MR) is 101 cm³/mol. The Labute approximate surface area is 152 Å². The third-order valence-corrected chi connectivity index (χ3v) is 5.85. The van der Waals surface area contributed by atoms with E-state index >= 15 is 0 Å². The molecular weight excluding hydrogens is 341 g/mol. The van der Waals surface area contributed by atoms with Gasteiger partial charge in [-0.3, -0.25) is 0 Å². The lowest BCUT2D eigenvalue weighted by Gasteiger charge is -2.29. The summed E-state index contributed by atoms with van der Waals surface area (Å²) in [7, 11) is -0.130. The summed E-state index contributed by atoms with van der Waals surface area (Å²) in [5.74, 6) is -0.743. The second kappa shape index (κ2) is 11.1. The van der Waals surface area contributed by atoms with Gasteiger partial charge in [-0.05, 0) is 61.7 Å². The molecule has 0 bridgehead atoms. The maximum absolute atomic E-state index is 14.5. The Morgan fingerprint density at radius 2 is 1.84 bits per heavy atom. The third kappa shape index (κ3) is 6.18. The first kappa shape index (κ1) is 20.6. The van der Waals surface area contributed by atoms with Crippen molar-refractivity contribution in [2.24, 2.45) is 5.92 Å². The molecule has 1 fully saturated rings. The fraction of sp³-hybridized carbons (Fsp3) is 0.700. The van der Waals surface area contributed by atoms with Crippen LogP contribution >= 0.6 is 8.81 Å². The molecule has 1 aromatic rings. The first-order valence-electron chi connectivity index (χ1n) is 9.65. The minimum Gasteiger partial charge on any atom is -0.490 e. The molecule has 0 aliphatic heterocycles. The second-order valence-electron chi connectivity index (χ2n) is 7.10. The van der Waals surface area contributed by atoms with Crippen LogP contribution in [0.4, 0.5) is 8.78 Å². The largest absolute Gasteiger partial charge is 0.490 e. The van der Waals surface area contributed by atoms with Gasteiger partial charge < -0.3 is 9.63 Å². The maximum Gasteiger partial charge on any atom is 0.200 e. The van der Waals surface area contributed by atoms with Crippen molar-refractivity contribution in [3.63, 3.8) is 0 Å². The Bertz CT molecular complexity index is 517. The topological polar surface area (TPSA) is 29.5 Å². The van der Waals surface area contributed by atoms with E-state index in [2.05, 4.69) is 6.92 Å². The van der Waals surface area contributed by atoms with E-state index in [-0.39, 0.29) is 20.5 Å². The van der Waals surface area contributed by atoms with Gasteiger partial charge in [-0.2, -0.15) is 4.39 Å². The monoisotopic (exact) mass is 372 g/mol. The molecular formula is C20H31F2O2P. The first-order chi connectivity index (χ1) is 12.2. The van der Waals surface area contributed by atoms with Crippen LogP contribution < -0.4 is 4.74 Å². The van der Waals surface area contributed by atoms with Crippen LogP contribution in [0, 0.1) is 17.6 Å². The molecule has 1 aliphatic carbocycles. The molecule has 1 N–H and O–H groups in total. The van der Waals surface area contributed by atoms with E-state index in [0.29, 0.717) is 24.8 Å². The summed E-state index contributed by atoms with van der Waals surface area (Å²) in [5.41, 5.74) is 0.508. The molecule has 2 nitrogen and oxygen atoms in total. The van der Waals surface area contributed by atoms with Crippen molar-refractivity contribution in [1.29, 1.82) is 0 Å². The van der Waals surface area contributed by atoms with Crippen molar-refractivity contribution in [2.75, 3.05) is 12.8 Å². The Morgan fingerprint density at radius 3 is 2.52 bits per heavy atom. The van der Waals surface area contributed by atoms with Crippen LogP contribution in [-0.2, 0) is 0 Å². The summed E-state index contributed by atoms with van der Waals surface area (Å²) in [5, 5.41) is 0.